The van der Waals surface area contributed by atoms with Gasteiger partial charge in [0.05, 0.1) is 22.3 Å². The third-order valence-corrected chi connectivity index (χ3v) is 7.07. The van der Waals surface area contributed by atoms with E-state index < -0.39 is 0 Å². The van der Waals surface area contributed by atoms with E-state index in [0.29, 0.717) is 10.9 Å². The van der Waals surface area contributed by atoms with Crippen molar-refractivity contribution in [3.05, 3.63) is 80.0 Å². The lowest BCUT2D eigenvalue weighted by Crippen LogP contribution is -2.37. The first-order valence-corrected chi connectivity index (χ1v) is 11.0. The number of fused-ring (bicyclic) bond motifs is 3. The molecule has 0 radical (unpaired) electrons. The Morgan fingerprint density at radius 3 is 2.57 bits per heavy atom. The van der Waals surface area contributed by atoms with Crippen LogP contribution in [0.25, 0.3) is 22.2 Å². The maximum absolute atomic E-state index is 13.4. The number of aromatic nitrogens is 3. The molecule has 4 heterocycles. The van der Waals surface area contributed by atoms with Gasteiger partial charge >= 0.3 is 5.69 Å². The van der Waals surface area contributed by atoms with Gasteiger partial charge in [0.15, 0.2) is 0 Å². The van der Waals surface area contributed by atoms with Gasteiger partial charge in [0.2, 0.25) is 0 Å². The Bertz CT molecular complexity index is 1420. The number of rotatable bonds is 2. The summed E-state index contributed by atoms with van der Waals surface area (Å²) in [6.45, 7) is 4.74. The first kappa shape index (κ1) is 19.1. The van der Waals surface area contributed by atoms with Gasteiger partial charge in [-0.05, 0) is 37.6 Å². The maximum atomic E-state index is 13.4. The SMILES string of the molecule is Cc1cccc(-c2c3c(=O)n(C)c(=O)n(C)c3c3n2CCSC3c2ccc(C)o2)c1. The van der Waals surface area contributed by atoms with E-state index in [1.807, 2.05) is 44.2 Å². The first-order valence-electron chi connectivity index (χ1n) is 9.95. The van der Waals surface area contributed by atoms with Gasteiger partial charge in [-0.25, -0.2) is 4.79 Å². The van der Waals surface area contributed by atoms with E-state index in [9.17, 15) is 9.59 Å². The molecule has 0 amide bonds. The largest absolute Gasteiger partial charge is 0.465 e. The van der Waals surface area contributed by atoms with E-state index in [4.69, 9.17) is 4.42 Å². The van der Waals surface area contributed by atoms with Gasteiger partial charge in [-0.3, -0.25) is 13.9 Å². The van der Waals surface area contributed by atoms with Gasteiger partial charge in [-0.1, -0.05) is 23.8 Å². The predicted octanol–water partition coefficient (Wildman–Crippen LogP) is 3.75. The van der Waals surface area contributed by atoms with Crippen molar-refractivity contribution in [2.45, 2.75) is 25.6 Å². The van der Waals surface area contributed by atoms with Gasteiger partial charge in [0.1, 0.15) is 16.8 Å². The molecule has 0 saturated heterocycles. The summed E-state index contributed by atoms with van der Waals surface area (Å²) in [6.07, 6.45) is 0. The normalized spacial score (nSPS) is 16.2. The van der Waals surface area contributed by atoms with Crippen molar-refractivity contribution in [3.8, 4) is 11.3 Å². The van der Waals surface area contributed by atoms with Crippen molar-refractivity contribution in [1.29, 1.82) is 0 Å². The van der Waals surface area contributed by atoms with Crippen molar-refractivity contribution in [1.82, 2.24) is 13.7 Å². The van der Waals surface area contributed by atoms with Crippen LogP contribution in [0.15, 0.2) is 50.4 Å². The van der Waals surface area contributed by atoms with E-state index in [1.54, 1.807) is 30.4 Å². The van der Waals surface area contributed by atoms with E-state index in [-0.39, 0.29) is 16.5 Å². The quantitative estimate of drug-likeness (QED) is 0.495. The standard InChI is InChI=1S/C23H23N3O3S/c1-13-6-5-7-15(12-13)18-17-19(24(3)23(28)25(4)22(17)27)20-21(30-11-10-26(18)20)16-9-8-14(2)29-16/h5-9,12,21H,10-11H2,1-4H3. The fourth-order valence-corrected chi connectivity index (χ4v) is 5.69. The van der Waals surface area contributed by atoms with Crippen LogP contribution in [0.3, 0.4) is 0 Å². The monoisotopic (exact) mass is 421 g/mol. The second-order valence-electron chi connectivity index (χ2n) is 7.88. The first-order chi connectivity index (χ1) is 14.4. The van der Waals surface area contributed by atoms with Crippen molar-refractivity contribution in [2.75, 3.05) is 5.75 Å². The molecule has 30 heavy (non-hydrogen) atoms. The lowest BCUT2D eigenvalue weighted by molar-refractivity contribution is 0.484. The maximum Gasteiger partial charge on any atom is 0.331 e. The van der Waals surface area contributed by atoms with E-state index in [1.165, 1.54) is 4.57 Å². The van der Waals surface area contributed by atoms with Crippen LogP contribution in [0, 0.1) is 13.8 Å². The summed E-state index contributed by atoms with van der Waals surface area (Å²) >= 11 is 1.78. The molecule has 0 saturated carbocycles. The second-order valence-corrected chi connectivity index (χ2v) is 9.10. The number of hydrogen-bond acceptors (Lipinski definition) is 4. The summed E-state index contributed by atoms with van der Waals surface area (Å²) in [5.41, 5.74) is 4.08. The van der Waals surface area contributed by atoms with Gasteiger partial charge in [-0.2, -0.15) is 0 Å². The molecule has 6 nitrogen and oxygen atoms in total. The highest BCUT2D eigenvalue weighted by Gasteiger charge is 2.34. The zero-order chi connectivity index (χ0) is 21.2. The molecule has 7 heteroatoms. The summed E-state index contributed by atoms with van der Waals surface area (Å²) in [5, 5.41) is 0.516. The molecule has 0 fully saturated rings. The summed E-state index contributed by atoms with van der Waals surface area (Å²) < 4.78 is 11.0. The number of hydrogen-bond donors (Lipinski definition) is 0. The van der Waals surface area contributed by atoms with Crippen LogP contribution < -0.4 is 11.2 Å². The topological polar surface area (TPSA) is 62.1 Å². The lowest BCUT2D eigenvalue weighted by Gasteiger charge is -2.25. The fourth-order valence-electron chi connectivity index (χ4n) is 4.48. The fraction of sp³-hybridized carbons (Fsp3) is 0.304. The molecule has 1 aromatic carbocycles. The number of aryl methyl sites for hydroxylation is 3. The molecule has 3 aromatic heterocycles. The van der Waals surface area contributed by atoms with Gasteiger partial charge in [0, 0.05) is 26.4 Å². The summed E-state index contributed by atoms with van der Waals surface area (Å²) in [4.78, 5) is 26.2. The number of thioether (sulfide) groups is 1. The Kier molecular flexibility index (Phi) is 4.32. The summed E-state index contributed by atoms with van der Waals surface area (Å²) in [7, 11) is 3.29. The van der Waals surface area contributed by atoms with E-state index in [0.717, 1.165) is 46.3 Å². The van der Waals surface area contributed by atoms with Crippen LogP contribution in [-0.2, 0) is 20.6 Å². The highest BCUT2D eigenvalue weighted by molar-refractivity contribution is 7.99. The Labute approximate surface area is 177 Å². The third kappa shape index (κ3) is 2.65. The zero-order valence-electron chi connectivity index (χ0n) is 17.4. The van der Waals surface area contributed by atoms with Crippen molar-refractivity contribution in [3.63, 3.8) is 0 Å². The smallest absolute Gasteiger partial charge is 0.331 e. The van der Waals surface area contributed by atoms with Crippen LogP contribution in [0.2, 0.25) is 0 Å². The van der Waals surface area contributed by atoms with Gasteiger partial charge < -0.3 is 8.98 Å². The molecule has 0 aliphatic carbocycles. The minimum atomic E-state index is -0.318. The van der Waals surface area contributed by atoms with E-state index in [2.05, 4.69) is 10.6 Å². The van der Waals surface area contributed by atoms with Crippen LogP contribution >= 0.6 is 11.8 Å². The average Bonchev–Trinajstić information content (AvgIpc) is 3.32. The molecule has 5 rings (SSSR count). The lowest BCUT2D eigenvalue weighted by atomic mass is 10.1. The van der Waals surface area contributed by atoms with Gasteiger partial charge in [-0.15, -0.1) is 11.8 Å². The minimum Gasteiger partial charge on any atom is -0.465 e. The molecule has 0 bridgehead atoms. The second kappa shape index (κ2) is 6.80. The predicted molar refractivity (Wildman–Crippen MR) is 120 cm³/mol. The molecule has 1 atom stereocenters. The number of nitrogens with zero attached hydrogens (tertiary/aromatic N) is 3. The minimum absolute atomic E-state index is 0.0776. The highest BCUT2D eigenvalue weighted by Crippen LogP contribution is 2.46. The van der Waals surface area contributed by atoms with Crippen molar-refractivity contribution < 1.29 is 4.42 Å². The van der Waals surface area contributed by atoms with Gasteiger partial charge in [0.25, 0.3) is 5.56 Å². The molecule has 1 aliphatic rings. The molecule has 154 valence electrons. The average molecular weight is 422 g/mol. The van der Waals surface area contributed by atoms with E-state index >= 15 is 0 Å². The van der Waals surface area contributed by atoms with Crippen LogP contribution in [0.4, 0.5) is 0 Å². The Morgan fingerprint density at radius 2 is 1.87 bits per heavy atom. The molecular formula is C23H23N3O3S. The van der Waals surface area contributed by atoms with Crippen LogP contribution in [0.1, 0.15) is 28.0 Å². The zero-order valence-corrected chi connectivity index (χ0v) is 18.2. The number of benzene rings is 1. The Balaban J connectivity index is 1.97. The third-order valence-electron chi connectivity index (χ3n) is 5.86. The van der Waals surface area contributed by atoms with Crippen molar-refractivity contribution >= 4 is 22.7 Å². The van der Waals surface area contributed by atoms with Crippen LogP contribution in [-0.4, -0.2) is 19.5 Å². The Morgan fingerprint density at radius 1 is 1.07 bits per heavy atom. The molecule has 1 unspecified atom stereocenters. The van der Waals surface area contributed by atoms with Crippen LogP contribution in [0.5, 0.6) is 0 Å². The molecule has 0 N–H and O–H groups in total. The molecular weight excluding hydrogens is 398 g/mol. The molecule has 4 aromatic rings. The number of furan rings is 1. The molecule has 1 aliphatic heterocycles. The highest BCUT2D eigenvalue weighted by atomic mass is 32.2. The Hall–Kier alpha value is -2.93. The summed E-state index contributed by atoms with van der Waals surface area (Å²) in [5.74, 6) is 2.59. The molecule has 0 spiro atoms. The van der Waals surface area contributed by atoms with Crippen molar-refractivity contribution in [2.24, 2.45) is 14.1 Å². The summed E-state index contributed by atoms with van der Waals surface area (Å²) in [6, 6.07) is 12.1.